The van der Waals surface area contributed by atoms with Gasteiger partial charge in [0.05, 0.1) is 27.8 Å². The van der Waals surface area contributed by atoms with Crippen molar-refractivity contribution in [2.45, 2.75) is 71.6 Å². The van der Waals surface area contributed by atoms with Crippen molar-refractivity contribution in [3.8, 4) is 16.9 Å². The van der Waals surface area contributed by atoms with Crippen molar-refractivity contribution in [3.05, 3.63) is 251 Å². The summed E-state index contributed by atoms with van der Waals surface area (Å²) in [6, 6.07) is 74.8. The van der Waals surface area contributed by atoms with Gasteiger partial charge in [0, 0.05) is 28.3 Å². The molecule has 0 saturated heterocycles. The van der Waals surface area contributed by atoms with E-state index in [1.807, 2.05) is 6.20 Å². The van der Waals surface area contributed by atoms with Gasteiger partial charge in [-0.05, 0) is 147 Å². The Morgan fingerprint density at radius 2 is 0.942 bits per heavy atom. The van der Waals surface area contributed by atoms with E-state index in [0.29, 0.717) is 6.67 Å². The number of rotatable bonds is 8. The van der Waals surface area contributed by atoms with Crippen molar-refractivity contribution in [2.24, 2.45) is 0 Å². The Balaban J connectivity index is 1.28. The monoisotopic (exact) mass is 896 g/mol. The molecular weight excluding hydrogens is 837 g/mol. The van der Waals surface area contributed by atoms with Gasteiger partial charge in [0.25, 0.3) is 0 Å². The fourth-order valence-corrected chi connectivity index (χ4v) is 10.8. The lowest BCUT2D eigenvalue weighted by Gasteiger charge is -2.39. The Labute approximate surface area is 408 Å². The molecule has 0 atom stereocenters. The Hall–Kier alpha value is -7.69. The van der Waals surface area contributed by atoms with Crippen LogP contribution in [-0.2, 0) is 16.2 Å². The van der Waals surface area contributed by atoms with Gasteiger partial charge < -0.3 is 9.80 Å². The summed E-state index contributed by atoms with van der Waals surface area (Å²) in [6.07, 6.45) is 1.98. The predicted octanol–water partition coefficient (Wildman–Crippen LogP) is 16.7. The second-order valence-corrected chi connectivity index (χ2v) is 21.0. The van der Waals surface area contributed by atoms with Crippen molar-refractivity contribution < 1.29 is 0 Å². The van der Waals surface area contributed by atoms with E-state index < -0.39 is 5.41 Å². The molecule has 4 nitrogen and oxygen atoms in total. The molecule has 0 bridgehead atoms. The second kappa shape index (κ2) is 16.8. The maximum Gasteiger partial charge on any atom is 0.137 e. The largest absolute Gasteiger partial charge is 0.321 e. The first-order valence-electron chi connectivity index (χ1n) is 24.4. The number of fused-ring (bicyclic) bond motifs is 4. The maximum atomic E-state index is 5.17. The van der Waals surface area contributed by atoms with E-state index in [1.165, 1.54) is 89.2 Å². The lowest BCUT2D eigenvalue weighted by Crippen LogP contribution is -2.32. The van der Waals surface area contributed by atoms with E-state index in [2.05, 4.69) is 270 Å². The molecule has 0 radical (unpaired) electrons. The smallest absolute Gasteiger partial charge is 0.137 e. The van der Waals surface area contributed by atoms with Crippen LogP contribution in [0.3, 0.4) is 0 Å². The van der Waals surface area contributed by atoms with Crippen molar-refractivity contribution in [3.63, 3.8) is 0 Å². The fraction of sp³-hybridized carbons (Fsp3) is 0.185. The second-order valence-electron chi connectivity index (χ2n) is 21.0. The molecule has 0 saturated carbocycles. The van der Waals surface area contributed by atoms with Crippen LogP contribution in [0.15, 0.2) is 206 Å². The highest BCUT2D eigenvalue weighted by Crippen LogP contribution is 2.52. The number of nitrogens with zero attached hydrogens (tertiary/aromatic N) is 4. The molecule has 1 aliphatic rings. The van der Waals surface area contributed by atoms with Gasteiger partial charge in [0.15, 0.2) is 0 Å². The first-order valence-corrected chi connectivity index (χ1v) is 24.4. The molecule has 69 heavy (non-hydrogen) atoms. The van der Waals surface area contributed by atoms with Crippen LogP contribution < -0.4 is 9.80 Å². The summed E-state index contributed by atoms with van der Waals surface area (Å²) in [5, 5.41) is 2.41. The highest BCUT2D eigenvalue weighted by Gasteiger charge is 2.41. The number of aromatic nitrogens is 2. The number of benzene rings is 8. The first kappa shape index (κ1) is 43.9. The van der Waals surface area contributed by atoms with Gasteiger partial charge >= 0.3 is 0 Å². The molecular formula is C65H60N4. The first-order chi connectivity index (χ1) is 33.3. The standard InChI is InChI=1S/C65H60N4/c1-44-35-58-59(36-45(44)2)68(43-67(58)53-29-19-12-20-30-53)54-38-50(64(6,7)8)37-51(39-54)65(47-25-15-10-16-26-47,48-27-17-11-18-28-48)52-40-56(46-23-13-9-14-24-46)62-55-31-21-22-32-57(55)69(60(62)41-52)61-42-49(33-34-66-61)63(3,4)5/h9-42H,43H2,1-8H3. The van der Waals surface area contributed by atoms with Crippen LogP contribution in [0.2, 0.25) is 0 Å². The minimum absolute atomic E-state index is 0.0616. The Morgan fingerprint density at radius 1 is 0.420 bits per heavy atom. The van der Waals surface area contributed by atoms with Gasteiger partial charge in [-0.1, -0.05) is 175 Å². The molecule has 0 N–H and O–H groups in total. The molecule has 340 valence electrons. The molecule has 0 spiro atoms. The SMILES string of the molecule is Cc1cc2c(cc1C)N(c1cc(C(C)(C)C)cc(C(c3ccccc3)(c3ccccc3)c3cc(-c4ccccc4)c4c5ccccc5n(-c5cc(C(C)(C)C)ccn5)c4c3)c1)CN2c1ccccc1. The Kier molecular flexibility index (Phi) is 10.7. The summed E-state index contributed by atoms with van der Waals surface area (Å²) >= 11 is 0. The number of anilines is 4. The maximum absolute atomic E-state index is 5.17. The quantitative estimate of drug-likeness (QED) is 0.142. The minimum Gasteiger partial charge on any atom is -0.321 e. The molecule has 0 amide bonds. The van der Waals surface area contributed by atoms with E-state index in [1.54, 1.807) is 0 Å². The molecule has 2 aromatic heterocycles. The molecule has 1 aliphatic heterocycles. The lowest BCUT2D eigenvalue weighted by atomic mass is 9.64. The summed E-state index contributed by atoms with van der Waals surface area (Å²) in [5.74, 6) is 0.910. The Bertz CT molecular complexity index is 3460. The number of hydrogen-bond donors (Lipinski definition) is 0. The van der Waals surface area contributed by atoms with Crippen molar-refractivity contribution >= 4 is 44.6 Å². The molecule has 4 heteroatoms. The van der Waals surface area contributed by atoms with E-state index in [9.17, 15) is 0 Å². The van der Waals surface area contributed by atoms with Gasteiger partial charge in [0.2, 0.25) is 0 Å². The van der Waals surface area contributed by atoms with Crippen molar-refractivity contribution in [1.29, 1.82) is 0 Å². The summed E-state index contributed by atoms with van der Waals surface area (Å²) in [6.45, 7) is 19.0. The molecule has 0 fully saturated rings. The third kappa shape index (κ3) is 7.50. The van der Waals surface area contributed by atoms with Crippen LogP contribution in [0, 0.1) is 13.8 Å². The van der Waals surface area contributed by atoms with Crippen LogP contribution in [0.4, 0.5) is 22.7 Å². The molecule has 0 unspecified atom stereocenters. The van der Waals surface area contributed by atoms with Gasteiger partial charge in [-0.25, -0.2) is 4.98 Å². The average Bonchev–Trinajstić information content (AvgIpc) is 3.90. The third-order valence-corrected chi connectivity index (χ3v) is 14.6. The number of para-hydroxylation sites is 2. The number of hydrogen-bond acceptors (Lipinski definition) is 3. The van der Waals surface area contributed by atoms with Crippen LogP contribution in [0.5, 0.6) is 0 Å². The molecule has 8 aromatic carbocycles. The van der Waals surface area contributed by atoms with Gasteiger partial charge in [-0.2, -0.15) is 0 Å². The van der Waals surface area contributed by atoms with E-state index in [4.69, 9.17) is 4.98 Å². The zero-order chi connectivity index (χ0) is 47.7. The topological polar surface area (TPSA) is 24.3 Å². The van der Waals surface area contributed by atoms with Crippen molar-refractivity contribution in [2.75, 3.05) is 16.5 Å². The predicted molar refractivity (Wildman–Crippen MR) is 291 cm³/mol. The fourth-order valence-electron chi connectivity index (χ4n) is 10.8. The zero-order valence-corrected chi connectivity index (χ0v) is 41.1. The highest BCUT2D eigenvalue weighted by molar-refractivity contribution is 6.16. The molecule has 10 aromatic rings. The zero-order valence-electron chi connectivity index (χ0n) is 41.1. The van der Waals surface area contributed by atoms with Crippen LogP contribution >= 0.6 is 0 Å². The minimum atomic E-state index is -0.789. The van der Waals surface area contributed by atoms with Crippen LogP contribution in [0.25, 0.3) is 38.8 Å². The summed E-state index contributed by atoms with van der Waals surface area (Å²) in [7, 11) is 0. The van der Waals surface area contributed by atoms with Crippen LogP contribution in [0.1, 0.15) is 86.1 Å². The van der Waals surface area contributed by atoms with Gasteiger partial charge in [0.1, 0.15) is 12.5 Å². The lowest BCUT2D eigenvalue weighted by molar-refractivity contribution is 0.587. The van der Waals surface area contributed by atoms with Crippen LogP contribution in [-0.4, -0.2) is 16.2 Å². The van der Waals surface area contributed by atoms with Gasteiger partial charge in [-0.15, -0.1) is 0 Å². The average molecular weight is 897 g/mol. The summed E-state index contributed by atoms with van der Waals surface area (Å²) < 4.78 is 2.41. The van der Waals surface area contributed by atoms with Gasteiger partial charge in [-0.3, -0.25) is 4.57 Å². The van der Waals surface area contributed by atoms with E-state index >= 15 is 0 Å². The molecule has 3 heterocycles. The highest BCUT2D eigenvalue weighted by atomic mass is 15.4. The molecule has 0 aliphatic carbocycles. The summed E-state index contributed by atoms with van der Waals surface area (Å²) in [5.41, 5.74) is 18.2. The Morgan fingerprint density at radius 3 is 1.55 bits per heavy atom. The summed E-state index contributed by atoms with van der Waals surface area (Å²) in [4.78, 5) is 10.2. The molecule has 11 rings (SSSR count). The third-order valence-electron chi connectivity index (χ3n) is 14.6. The van der Waals surface area contributed by atoms with E-state index in [-0.39, 0.29) is 10.8 Å². The van der Waals surface area contributed by atoms with E-state index in [0.717, 1.165) is 16.9 Å². The number of aryl methyl sites for hydroxylation is 2. The van der Waals surface area contributed by atoms with Crippen molar-refractivity contribution in [1.82, 2.24) is 9.55 Å². The normalized spacial score (nSPS) is 13.1. The number of pyridine rings is 1.